The minimum absolute atomic E-state index is 0.172. The Hall–Kier alpha value is -3.41. The summed E-state index contributed by atoms with van der Waals surface area (Å²) in [6.45, 7) is 4.05. The van der Waals surface area contributed by atoms with Gasteiger partial charge in [0, 0.05) is 22.3 Å². The van der Waals surface area contributed by atoms with Gasteiger partial charge in [-0.2, -0.15) is 0 Å². The first-order valence-electron chi connectivity index (χ1n) is 7.89. The monoisotopic (exact) mass is 332 g/mol. The molecule has 4 aromatic rings. The maximum atomic E-state index is 12.8. The van der Waals surface area contributed by atoms with Crippen molar-refractivity contribution < 1.29 is 9.21 Å². The van der Waals surface area contributed by atoms with E-state index in [-0.39, 0.29) is 5.91 Å². The number of H-pyrrole nitrogens is 1. The van der Waals surface area contributed by atoms with E-state index in [1.165, 1.54) is 6.39 Å². The molecule has 0 saturated heterocycles. The largest absolute Gasteiger partial charge is 0.423 e. The highest BCUT2D eigenvalue weighted by atomic mass is 16.4. The summed E-state index contributed by atoms with van der Waals surface area (Å²) in [7, 11) is 0. The fraction of sp³-hybridized carbons (Fsp3) is 0.105. The smallest absolute Gasteiger partial charge is 0.257 e. The van der Waals surface area contributed by atoms with Crippen LogP contribution >= 0.6 is 0 Å². The van der Waals surface area contributed by atoms with E-state index in [0.717, 1.165) is 27.7 Å². The zero-order valence-corrected chi connectivity index (χ0v) is 13.8. The fourth-order valence-electron chi connectivity index (χ4n) is 2.90. The van der Waals surface area contributed by atoms with Crippen molar-refractivity contribution in [1.29, 1.82) is 0 Å². The van der Waals surface area contributed by atoms with Crippen LogP contribution in [0, 0.1) is 13.8 Å². The number of hydrogen-bond donors (Lipinski definition) is 2. The number of benzene rings is 2. The average Bonchev–Trinajstić information content (AvgIpc) is 3.24. The molecule has 0 aliphatic rings. The van der Waals surface area contributed by atoms with Crippen LogP contribution in [0.25, 0.3) is 22.4 Å². The highest BCUT2D eigenvalue weighted by Gasteiger charge is 2.14. The van der Waals surface area contributed by atoms with Crippen LogP contribution in [0.2, 0.25) is 0 Å². The second kappa shape index (κ2) is 5.90. The van der Waals surface area contributed by atoms with E-state index in [1.807, 2.05) is 50.2 Å². The lowest BCUT2D eigenvalue weighted by molar-refractivity contribution is 0.102. The molecule has 0 fully saturated rings. The predicted octanol–water partition coefficient (Wildman–Crippen LogP) is 4.09. The maximum absolute atomic E-state index is 12.8. The normalized spacial score (nSPS) is 11.0. The van der Waals surface area contributed by atoms with Crippen LogP contribution in [-0.4, -0.2) is 21.1 Å². The van der Waals surface area contributed by atoms with E-state index >= 15 is 0 Å². The zero-order valence-electron chi connectivity index (χ0n) is 13.8. The van der Waals surface area contributed by atoms with Gasteiger partial charge in [-0.15, -0.1) is 10.2 Å². The van der Waals surface area contributed by atoms with E-state index in [1.54, 1.807) is 6.07 Å². The Morgan fingerprint density at radius 2 is 2.00 bits per heavy atom. The minimum Gasteiger partial charge on any atom is -0.423 e. The molecular weight excluding hydrogens is 316 g/mol. The molecule has 0 bridgehead atoms. The average molecular weight is 332 g/mol. The van der Waals surface area contributed by atoms with E-state index in [2.05, 4.69) is 20.5 Å². The number of hydrogen-bond acceptors (Lipinski definition) is 4. The molecule has 0 saturated carbocycles. The molecule has 0 radical (unpaired) electrons. The van der Waals surface area contributed by atoms with E-state index < -0.39 is 0 Å². The Labute approximate surface area is 143 Å². The number of nitrogens with one attached hydrogen (secondary N) is 2. The van der Waals surface area contributed by atoms with Crippen molar-refractivity contribution in [3.8, 4) is 11.5 Å². The summed E-state index contributed by atoms with van der Waals surface area (Å²) in [6.07, 6.45) is 1.27. The molecule has 4 rings (SSSR count). The number of fused-ring (bicyclic) bond motifs is 1. The van der Waals surface area contributed by atoms with E-state index in [0.29, 0.717) is 17.1 Å². The Kier molecular flexibility index (Phi) is 3.57. The molecule has 0 aliphatic heterocycles. The number of anilines is 1. The third kappa shape index (κ3) is 2.67. The number of amides is 1. The van der Waals surface area contributed by atoms with Crippen LogP contribution in [-0.2, 0) is 0 Å². The third-order valence-corrected chi connectivity index (χ3v) is 4.32. The summed E-state index contributed by atoms with van der Waals surface area (Å²) < 4.78 is 5.20. The van der Waals surface area contributed by atoms with Crippen molar-refractivity contribution in [3.05, 3.63) is 65.7 Å². The van der Waals surface area contributed by atoms with Gasteiger partial charge in [-0.3, -0.25) is 4.79 Å². The first kappa shape index (κ1) is 15.1. The number of nitrogens with zero attached hydrogens (tertiary/aromatic N) is 2. The number of aromatic nitrogens is 3. The highest BCUT2D eigenvalue weighted by molar-refractivity contribution is 6.12. The van der Waals surface area contributed by atoms with Crippen molar-refractivity contribution in [2.24, 2.45) is 0 Å². The van der Waals surface area contributed by atoms with Gasteiger partial charge in [0.25, 0.3) is 5.91 Å². The topological polar surface area (TPSA) is 83.8 Å². The molecule has 124 valence electrons. The predicted molar refractivity (Wildman–Crippen MR) is 95.5 cm³/mol. The lowest BCUT2D eigenvalue weighted by Crippen LogP contribution is -2.12. The van der Waals surface area contributed by atoms with Crippen molar-refractivity contribution >= 4 is 22.5 Å². The van der Waals surface area contributed by atoms with Gasteiger partial charge in [-0.25, -0.2) is 0 Å². The number of para-hydroxylation sites is 1. The van der Waals surface area contributed by atoms with Gasteiger partial charge >= 0.3 is 0 Å². The standard InChI is InChI=1S/C19H16N4O2/c1-11-12(2)21-17-15(11)7-4-8-16(17)18(24)22-14-6-3-5-13(9-14)19-23-20-10-25-19/h3-10,21H,1-2H3,(H,22,24). The first-order chi connectivity index (χ1) is 12.1. The van der Waals surface area contributed by atoms with Gasteiger partial charge < -0.3 is 14.7 Å². The fourth-order valence-corrected chi connectivity index (χ4v) is 2.90. The number of carbonyl (C=O) groups excluding carboxylic acids is 1. The Morgan fingerprint density at radius 3 is 2.80 bits per heavy atom. The Bertz CT molecular complexity index is 1060. The number of aryl methyl sites for hydroxylation is 2. The molecule has 0 atom stereocenters. The molecule has 0 unspecified atom stereocenters. The molecule has 25 heavy (non-hydrogen) atoms. The lowest BCUT2D eigenvalue weighted by atomic mass is 10.1. The molecule has 6 nitrogen and oxygen atoms in total. The summed E-state index contributed by atoms with van der Waals surface area (Å²) in [5, 5.41) is 11.5. The summed E-state index contributed by atoms with van der Waals surface area (Å²) in [5.74, 6) is 0.239. The van der Waals surface area contributed by atoms with Gasteiger partial charge in [0.15, 0.2) is 0 Å². The molecule has 2 aromatic carbocycles. The van der Waals surface area contributed by atoms with Crippen LogP contribution < -0.4 is 5.32 Å². The van der Waals surface area contributed by atoms with Crippen LogP contribution in [0.4, 0.5) is 5.69 Å². The Balaban J connectivity index is 1.67. The van der Waals surface area contributed by atoms with E-state index in [9.17, 15) is 4.79 Å². The second-order valence-corrected chi connectivity index (χ2v) is 5.88. The quantitative estimate of drug-likeness (QED) is 0.592. The first-order valence-corrected chi connectivity index (χ1v) is 7.89. The Morgan fingerprint density at radius 1 is 1.16 bits per heavy atom. The number of carbonyl (C=O) groups is 1. The molecule has 2 N–H and O–H groups in total. The van der Waals surface area contributed by atoms with E-state index in [4.69, 9.17) is 4.42 Å². The molecule has 6 heteroatoms. The van der Waals surface area contributed by atoms with Crippen molar-refractivity contribution in [2.45, 2.75) is 13.8 Å². The van der Waals surface area contributed by atoms with Gasteiger partial charge in [0.05, 0.1) is 11.1 Å². The molecule has 1 amide bonds. The van der Waals surface area contributed by atoms with Gasteiger partial charge in [0.1, 0.15) is 0 Å². The lowest BCUT2D eigenvalue weighted by Gasteiger charge is -2.07. The number of aromatic amines is 1. The van der Waals surface area contributed by atoms with Crippen molar-refractivity contribution in [3.63, 3.8) is 0 Å². The molecule has 0 spiro atoms. The summed E-state index contributed by atoms with van der Waals surface area (Å²) >= 11 is 0. The second-order valence-electron chi connectivity index (χ2n) is 5.88. The highest BCUT2D eigenvalue weighted by Crippen LogP contribution is 2.25. The maximum Gasteiger partial charge on any atom is 0.257 e. The van der Waals surface area contributed by atoms with Crippen molar-refractivity contribution in [2.75, 3.05) is 5.32 Å². The molecule has 2 aromatic heterocycles. The SMILES string of the molecule is Cc1[nH]c2c(C(=O)Nc3cccc(-c4nnco4)c3)cccc2c1C. The summed E-state index contributed by atoms with van der Waals surface area (Å²) in [6, 6.07) is 13.0. The van der Waals surface area contributed by atoms with Gasteiger partial charge in [-0.1, -0.05) is 18.2 Å². The van der Waals surface area contributed by atoms with Crippen LogP contribution in [0.3, 0.4) is 0 Å². The summed E-state index contributed by atoms with van der Waals surface area (Å²) in [5.41, 5.74) is 5.09. The van der Waals surface area contributed by atoms with Gasteiger partial charge in [-0.05, 0) is 43.7 Å². The van der Waals surface area contributed by atoms with Gasteiger partial charge in [0.2, 0.25) is 12.3 Å². The number of rotatable bonds is 3. The molecular formula is C19H16N4O2. The minimum atomic E-state index is -0.172. The van der Waals surface area contributed by atoms with Crippen LogP contribution in [0.5, 0.6) is 0 Å². The molecule has 2 heterocycles. The molecule has 0 aliphatic carbocycles. The third-order valence-electron chi connectivity index (χ3n) is 4.32. The van der Waals surface area contributed by atoms with Crippen molar-refractivity contribution in [1.82, 2.24) is 15.2 Å². The van der Waals surface area contributed by atoms with Crippen LogP contribution in [0.15, 0.2) is 53.3 Å². The zero-order chi connectivity index (χ0) is 17.4. The summed E-state index contributed by atoms with van der Waals surface area (Å²) in [4.78, 5) is 16.1. The van der Waals surface area contributed by atoms with Crippen LogP contribution in [0.1, 0.15) is 21.6 Å².